The van der Waals surface area contributed by atoms with Gasteiger partial charge in [0.2, 0.25) is 0 Å². The van der Waals surface area contributed by atoms with Crippen LogP contribution < -0.4 is 11.1 Å². The molecule has 4 heteroatoms. The average Bonchev–Trinajstić information content (AvgIpc) is 2.41. The molecule has 0 aliphatic rings. The van der Waals surface area contributed by atoms with Crippen LogP contribution in [0.15, 0.2) is 48.7 Å². The van der Waals surface area contributed by atoms with Crippen LogP contribution in [-0.2, 0) is 6.42 Å². The Kier molecular flexibility index (Phi) is 4.15. The van der Waals surface area contributed by atoms with Crippen molar-refractivity contribution in [3.05, 3.63) is 54.2 Å². The first-order valence-electron chi connectivity index (χ1n) is 5.91. The summed E-state index contributed by atoms with van der Waals surface area (Å²) in [5.74, 6) is 0.618. The molecular formula is C14H17N3O. The molecule has 0 spiro atoms. The van der Waals surface area contributed by atoms with E-state index in [1.54, 1.807) is 18.3 Å². The Morgan fingerprint density at radius 2 is 1.94 bits per heavy atom. The van der Waals surface area contributed by atoms with Crippen molar-refractivity contribution in [1.82, 2.24) is 4.98 Å². The lowest BCUT2D eigenvalue weighted by Gasteiger charge is -2.17. The fourth-order valence-electron chi connectivity index (χ4n) is 1.79. The van der Waals surface area contributed by atoms with Crippen LogP contribution in [0.3, 0.4) is 0 Å². The Morgan fingerprint density at radius 3 is 2.61 bits per heavy atom. The number of aliphatic hydroxyl groups is 1. The van der Waals surface area contributed by atoms with E-state index < -0.39 is 0 Å². The number of pyridine rings is 1. The van der Waals surface area contributed by atoms with Gasteiger partial charge in [-0.1, -0.05) is 30.3 Å². The summed E-state index contributed by atoms with van der Waals surface area (Å²) in [4.78, 5) is 4.16. The van der Waals surface area contributed by atoms with Gasteiger partial charge in [0.15, 0.2) is 0 Å². The van der Waals surface area contributed by atoms with Crippen molar-refractivity contribution in [2.24, 2.45) is 0 Å². The molecule has 4 nitrogen and oxygen atoms in total. The van der Waals surface area contributed by atoms with Crippen LogP contribution >= 0.6 is 0 Å². The number of hydrogen-bond donors (Lipinski definition) is 3. The molecule has 1 aromatic carbocycles. The molecule has 18 heavy (non-hydrogen) atoms. The zero-order valence-electron chi connectivity index (χ0n) is 10.1. The fourth-order valence-corrected chi connectivity index (χ4v) is 1.79. The van der Waals surface area contributed by atoms with Gasteiger partial charge in [-0.15, -0.1) is 0 Å². The van der Waals surface area contributed by atoms with Crippen molar-refractivity contribution in [1.29, 1.82) is 0 Å². The summed E-state index contributed by atoms with van der Waals surface area (Å²) in [6.45, 7) is 0.0326. The molecule has 1 atom stereocenters. The van der Waals surface area contributed by atoms with Crippen LogP contribution in [-0.4, -0.2) is 22.7 Å². The van der Waals surface area contributed by atoms with Crippen molar-refractivity contribution in [2.45, 2.75) is 12.5 Å². The molecule has 4 N–H and O–H groups in total. The first-order chi connectivity index (χ1) is 8.79. The van der Waals surface area contributed by atoms with Gasteiger partial charge in [-0.2, -0.15) is 0 Å². The highest BCUT2D eigenvalue weighted by molar-refractivity contribution is 5.60. The van der Waals surface area contributed by atoms with Crippen molar-refractivity contribution in [2.75, 3.05) is 17.7 Å². The predicted molar refractivity (Wildman–Crippen MR) is 73.3 cm³/mol. The molecule has 2 aromatic rings. The lowest BCUT2D eigenvalue weighted by atomic mass is 10.1. The average molecular weight is 243 g/mol. The highest BCUT2D eigenvalue weighted by Crippen LogP contribution is 2.15. The quantitative estimate of drug-likeness (QED) is 0.747. The van der Waals surface area contributed by atoms with E-state index in [0.717, 1.165) is 6.42 Å². The number of rotatable bonds is 5. The number of nitrogen functional groups attached to an aromatic ring is 1. The summed E-state index contributed by atoms with van der Waals surface area (Å²) < 4.78 is 0. The second kappa shape index (κ2) is 6.02. The van der Waals surface area contributed by atoms with Crippen LogP contribution in [0.25, 0.3) is 0 Å². The number of aromatic nitrogens is 1. The normalized spacial score (nSPS) is 12.1. The molecule has 1 unspecified atom stereocenters. The summed E-state index contributed by atoms with van der Waals surface area (Å²) in [7, 11) is 0. The van der Waals surface area contributed by atoms with Crippen LogP contribution in [0, 0.1) is 0 Å². The summed E-state index contributed by atoms with van der Waals surface area (Å²) in [5.41, 5.74) is 7.56. The van der Waals surface area contributed by atoms with Crippen LogP contribution in [0.4, 0.5) is 11.5 Å². The number of anilines is 2. The maximum Gasteiger partial charge on any atom is 0.149 e. The highest BCUT2D eigenvalue weighted by atomic mass is 16.3. The van der Waals surface area contributed by atoms with Gasteiger partial charge < -0.3 is 16.2 Å². The van der Waals surface area contributed by atoms with Gasteiger partial charge in [0.25, 0.3) is 0 Å². The van der Waals surface area contributed by atoms with Crippen LogP contribution in [0.1, 0.15) is 5.56 Å². The molecule has 0 amide bonds. The minimum absolute atomic E-state index is 0.0326. The SMILES string of the molecule is Nc1cccnc1NC(CO)Cc1ccccc1. The molecule has 0 aliphatic carbocycles. The zero-order valence-corrected chi connectivity index (χ0v) is 10.1. The van der Waals surface area contributed by atoms with Gasteiger partial charge in [0, 0.05) is 6.20 Å². The Balaban J connectivity index is 2.04. The number of aliphatic hydroxyl groups excluding tert-OH is 1. The van der Waals surface area contributed by atoms with E-state index in [1.165, 1.54) is 5.56 Å². The van der Waals surface area contributed by atoms with Crippen molar-refractivity contribution >= 4 is 11.5 Å². The minimum atomic E-state index is -0.0930. The first-order valence-corrected chi connectivity index (χ1v) is 5.91. The number of benzene rings is 1. The highest BCUT2D eigenvalue weighted by Gasteiger charge is 2.10. The van der Waals surface area contributed by atoms with E-state index in [9.17, 15) is 5.11 Å². The van der Waals surface area contributed by atoms with E-state index in [0.29, 0.717) is 11.5 Å². The Labute approximate surface area is 106 Å². The second-order valence-electron chi connectivity index (χ2n) is 4.15. The monoisotopic (exact) mass is 243 g/mol. The van der Waals surface area contributed by atoms with Crippen LogP contribution in [0.2, 0.25) is 0 Å². The van der Waals surface area contributed by atoms with E-state index in [2.05, 4.69) is 10.3 Å². The second-order valence-corrected chi connectivity index (χ2v) is 4.15. The standard InChI is InChI=1S/C14H17N3O/c15-13-7-4-8-16-14(13)17-12(10-18)9-11-5-2-1-3-6-11/h1-8,12,18H,9-10,15H2,(H,16,17). The molecular weight excluding hydrogens is 226 g/mol. The fraction of sp³-hybridized carbons (Fsp3) is 0.214. The van der Waals surface area contributed by atoms with Crippen LogP contribution in [0.5, 0.6) is 0 Å². The maximum atomic E-state index is 9.41. The molecule has 0 saturated heterocycles. The first kappa shape index (κ1) is 12.4. The summed E-state index contributed by atoms with van der Waals surface area (Å²) in [5, 5.41) is 12.6. The lowest BCUT2D eigenvalue weighted by Crippen LogP contribution is -2.27. The number of nitrogens with one attached hydrogen (secondary N) is 1. The maximum absolute atomic E-state index is 9.41. The minimum Gasteiger partial charge on any atom is -0.396 e. The molecule has 0 saturated carbocycles. The smallest absolute Gasteiger partial charge is 0.149 e. The number of nitrogens with two attached hydrogens (primary N) is 1. The van der Waals surface area contributed by atoms with E-state index >= 15 is 0 Å². The third-order valence-corrected chi connectivity index (χ3v) is 2.73. The van der Waals surface area contributed by atoms with Gasteiger partial charge in [0.05, 0.1) is 18.3 Å². The topological polar surface area (TPSA) is 71.2 Å². The Bertz CT molecular complexity index is 487. The summed E-state index contributed by atoms with van der Waals surface area (Å²) in [6.07, 6.45) is 2.41. The third-order valence-electron chi connectivity index (χ3n) is 2.73. The summed E-state index contributed by atoms with van der Waals surface area (Å²) >= 11 is 0. The van der Waals surface area contributed by atoms with Crippen molar-refractivity contribution in [3.8, 4) is 0 Å². The molecule has 0 fully saturated rings. The molecule has 1 heterocycles. The Hall–Kier alpha value is -2.07. The molecule has 2 rings (SSSR count). The van der Waals surface area contributed by atoms with E-state index in [4.69, 9.17) is 5.73 Å². The summed E-state index contributed by atoms with van der Waals surface area (Å²) in [6, 6.07) is 13.5. The third kappa shape index (κ3) is 3.21. The predicted octanol–water partition coefficient (Wildman–Crippen LogP) is 1.68. The van der Waals surface area contributed by atoms with E-state index in [-0.39, 0.29) is 12.6 Å². The van der Waals surface area contributed by atoms with Crippen molar-refractivity contribution in [3.63, 3.8) is 0 Å². The molecule has 0 aliphatic heterocycles. The molecule has 0 bridgehead atoms. The molecule has 94 valence electrons. The largest absolute Gasteiger partial charge is 0.396 e. The van der Waals surface area contributed by atoms with Gasteiger partial charge in [0.1, 0.15) is 5.82 Å². The van der Waals surface area contributed by atoms with Crippen molar-refractivity contribution < 1.29 is 5.11 Å². The van der Waals surface area contributed by atoms with Gasteiger partial charge in [-0.25, -0.2) is 4.98 Å². The van der Waals surface area contributed by atoms with Gasteiger partial charge >= 0.3 is 0 Å². The Morgan fingerprint density at radius 1 is 1.17 bits per heavy atom. The zero-order chi connectivity index (χ0) is 12.8. The van der Waals surface area contributed by atoms with E-state index in [1.807, 2.05) is 30.3 Å². The molecule has 1 aromatic heterocycles. The van der Waals surface area contributed by atoms with Gasteiger partial charge in [-0.3, -0.25) is 0 Å². The number of nitrogens with zero attached hydrogens (tertiary/aromatic N) is 1. The molecule has 0 radical (unpaired) electrons. The van der Waals surface area contributed by atoms with Gasteiger partial charge in [-0.05, 0) is 24.1 Å². The lowest BCUT2D eigenvalue weighted by molar-refractivity contribution is 0.273. The number of hydrogen-bond acceptors (Lipinski definition) is 4.